The molecule has 0 saturated carbocycles. The molecule has 0 spiro atoms. The van der Waals surface area contributed by atoms with Gasteiger partial charge < -0.3 is 25.2 Å². The zero-order valence-electron chi connectivity index (χ0n) is 11.1. The summed E-state index contributed by atoms with van der Waals surface area (Å²) < 4.78 is 5.40. The van der Waals surface area contributed by atoms with E-state index in [0.29, 0.717) is 0 Å². The average Bonchev–Trinajstić information content (AvgIpc) is 2.27. The summed E-state index contributed by atoms with van der Waals surface area (Å²) >= 11 is 1.40. The molecule has 1 rings (SSSR count). The molecule has 1 saturated heterocycles. The predicted molar refractivity (Wildman–Crippen MR) is 70.3 cm³/mol. The molecule has 1 fully saturated rings. The first kappa shape index (κ1) is 16.2. The molecule has 0 radical (unpaired) electrons. The summed E-state index contributed by atoms with van der Waals surface area (Å²) in [4.78, 5) is 0. The summed E-state index contributed by atoms with van der Waals surface area (Å²) in [5.41, 5.74) is -0.413. The van der Waals surface area contributed by atoms with E-state index in [9.17, 15) is 15.3 Å². The van der Waals surface area contributed by atoms with Gasteiger partial charge in [-0.1, -0.05) is 20.8 Å². The maximum absolute atomic E-state index is 9.81. The average molecular weight is 280 g/mol. The van der Waals surface area contributed by atoms with Crippen molar-refractivity contribution in [2.45, 2.75) is 57.0 Å². The van der Waals surface area contributed by atoms with Crippen LogP contribution in [0.3, 0.4) is 0 Å². The topological polar surface area (TPSA) is 90.2 Å². The smallest absolute Gasteiger partial charge is 0.132 e. The summed E-state index contributed by atoms with van der Waals surface area (Å²) in [5, 5.41) is 38.1. The quantitative estimate of drug-likeness (QED) is 0.577. The monoisotopic (exact) mass is 280 g/mol. The van der Waals surface area contributed by atoms with E-state index in [-0.39, 0.29) is 12.0 Å². The summed E-state index contributed by atoms with van der Waals surface area (Å²) in [6, 6.07) is 0. The van der Waals surface area contributed by atoms with Gasteiger partial charge in [0, 0.05) is 0 Å². The molecule has 4 N–H and O–H groups in total. The van der Waals surface area contributed by atoms with Crippen LogP contribution in [0.4, 0.5) is 0 Å². The van der Waals surface area contributed by atoms with Gasteiger partial charge in [-0.25, -0.2) is 0 Å². The van der Waals surface area contributed by atoms with Gasteiger partial charge in [0.1, 0.15) is 29.9 Å². The lowest BCUT2D eigenvalue weighted by Crippen LogP contribution is -2.57. The maximum atomic E-state index is 9.81. The molecule has 18 heavy (non-hydrogen) atoms. The van der Waals surface area contributed by atoms with E-state index < -0.39 is 29.9 Å². The zero-order valence-corrected chi connectivity index (χ0v) is 11.9. The van der Waals surface area contributed by atoms with E-state index in [0.717, 1.165) is 12.2 Å². The fourth-order valence-electron chi connectivity index (χ4n) is 1.69. The minimum atomic E-state index is -1.27. The van der Waals surface area contributed by atoms with Gasteiger partial charge in [0.25, 0.3) is 0 Å². The molecule has 0 aromatic heterocycles. The Balaban J connectivity index is 2.49. The highest BCUT2D eigenvalue weighted by Crippen LogP contribution is 2.31. The molecule has 1 aliphatic heterocycles. The lowest BCUT2D eigenvalue weighted by atomic mass is 9.94. The van der Waals surface area contributed by atoms with Crippen molar-refractivity contribution in [2.75, 3.05) is 12.4 Å². The van der Waals surface area contributed by atoms with Crippen LogP contribution >= 0.6 is 11.8 Å². The molecule has 6 heteroatoms. The second-order valence-electron chi connectivity index (χ2n) is 5.88. The van der Waals surface area contributed by atoms with Crippen molar-refractivity contribution < 1.29 is 25.2 Å². The molecular formula is C12H24O5S. The number of rotatable bonds is 4. The first-order valence-corrected chi connectivity index (χ1v) is 7.23. The van der Waals surface area contributed by atoms with Crippen molar-refractivity contribution in [1.82, 2.24) is 0 Å². The van der Waals surface area contributed by atoms with Gasteiger partial charge >= 0.3 is 0 Å². The molecule has 0 aromatic rings. The number of hydrogen-bond acceptors (Lipinski definition) is 6. The van der Waals surface area contributed by atoms with Crippen molar-refractivity contribution in [2.24, 2.45) is 5.41 Å². The van der Waals surface area contributed by atoms with Crippen molar-refractivity contribution in [1.29, 1.82) is 0 Å². The van der Waals surface area contributed by atoms with Crippen LogP contribution in [-0.4, -0.2) is 62.6 Å². The largest absolute Gasteiger partial charge is 0.394 e. The molecule has 0 amide bonds. The normalized spacial score (nSPS) is 37.8. The minimum absolute atomic E-state index is 0.196. The van der Waals surface area contributed by atoms with Crippen LogP contribution in [0.5, 0.6) is 0 Å². The van der Waals surface area contributed by atoms with Crippen LogP contribution in [0.25, 0.3) is 0 Å². The van der Waals surface area contributed by atoms with Gasteiger partial charge in [-0.2, -0.15) is 0 Å². The molecule has 5 atom stereocenters. The fourth-order valence-corrected chi connectivity index (χ4v) is 3.23. The lowest BCUT2D eigenvalue weighted by molar-refractivity contribution is -0.205. The minimum Gasteiger partial charge on any atom is -0.394 e. The Hall–Kier alpha value is 0.150. The van der Waals surface area contributed by atoms with Crippen molar-refractivity contribution >= 4 is 11.8 Å². The third kappa shape index (κ3) is 4.36. The number of hydrogen-bond donors (Lipinski definition) is 4. The second kappa shape index (κ2) is 6.54. The Morgan fingerprint density at radius 2 is 1.67 bits per heavy atom. The maximum Gasteiger partial charge on any atom is 0.132 e. The van der Waals surface area contributed by atoms with E-state index in [1.165, 1.54) is 11.8 Å². The van der Waals surface area contributed by atoms with Gasteiger partial charge in [-0.3, -0.25) is 0 Å². The summed E-state index contributed by atoms with van der Waals surface area (Å²) in [5.74, 6) is 0.784. The molecule has 0 bridgehead atoms. The van der Waals surface area contributed by atoms with Gasteiger partial charge in [-0.05, 0) is 17.6 Å². The predicted octanol–water partition coefficient (Wildman–Crippen LogP) is -0.0443. The third-order valence-corrected chi connectivity index (χ3v) is 4.14. The van der Waals surface area contributed by atoms with Gasteiger partial charge in [0.2, 0.25) is 0 Å². The molecule has 5 unspecified atom stereocenters. The SMILES string of the molecule is CC(C)(C)CCSC1OC(CO)C(O)C(O)C1O. The van der Waals surface area contributed by atoms with Crippen LogP contribution in [0, 0.1) is 5.41 Å². The summed E-state index contributed by atoms with van der Waals surface area (Å²) in [6.07, 6.45) is -3.54. The number of thioether (sulfide) groups is 1. The van der Waals surface area contributed by atoms with E-state index in [1.807, 2.05) is 0 Å². The Bertz CT molecular complexity index is 253. The van der Waals surface area contributed by atoms with Gasteiger partial charge in [0.05, 0.1) is 6.61 Å². The van der Waals surface area contributed by atoms with Crippen LogP contribution in [0.2, 0.25) is 0 Å². The second-order valence-corrected chi connectivity index (χ2v) is 7.08. The molecule has 1 aliphatic rings. The van der Waals surface area contributed by atoms with E-state index in [4.69, 9.17) is 9.84 Å². The van der Waals surface area contributed by atoms with Crippen molar-refractivity contribution in [3.8, 4) is 0 Å². The molecule has 5 nitrogen and oxygen atoms in total. The number of aliphatic hydroxyl groups is 4. The van der Waals surface area contributed by atoms with E-state index in [1.54, 1.807) is 0 Å². The Morgan fingerprint density at radius 1 is 1.06 bits per heavy atom. The fraction of sp³-hybridized carbons (Fsp3) is 1.00. The summed E-state index contributed by atoms with van der Waals surface area (Å²) in [6.45, 7) is 6.00. The highest BCUT2D eigenvalue weighted by molar-refractivity contribution is 7.99. The van der Waals surface area contributed by atoms with Crippen LogP contribution in [-0.2, 0) is 4.74 Å². The molecule has 1 heterocycles. The Labute approximate surface area is 112 Å². The molecule has 0 aromatic carbocycles. The van der Waals surface area contributed by atoms with Crippen LogP contribution in [0.15, 0.2) is 0 Å². The van der Waals surface area contributed by atoms with Crippen LogP contribution in [0.1, 0.15) is 27.2 Å². The molecule has 0 aliphatic carbocycles. The van der Waals surface area contributed by atoms with Crippen molar-refractivity contribution in [3.05, 3.63) is 0 Å². The number of aliphatic hydroxyl groups excluding tert-OH is 4. The highest BCUT2D eigenvalue weighted by Gasteiger charge is 2.43. The highest BCUT2D eigenvalue weighted by atomic mass is 32.2. The third-order valence-electron chi connectivity index (χ3n) is 2.98. The van der Waals surface area contributed by atoms with E-state index in [2.05, 4.69) is 20.8 Å². The summed E-state index contributed by atoms with van der Waals surface area (Å²) in [7, 11) is 0. The van der Waals surface area contributed by atoms with Crippen molar-refractivity contribution in [3.63, 3.8) is 0 Å². The molecule has 108 valence electrons. The Morgan fingerprint density at radius 3 is 2.17 bits per heavy atom. The lowest BCUT2D eigenvalue weighted by Gasteiger charge is -2.39. The van der Waals surface area contributed by atoms with Gasteiger partial charge in [-0.15, -0.1) is 11.8 Å². The first-order chi connectivity index (χ1) is 8.26. The zero-order chi connectivity index (χ0) is 13.9. The number of ether oxygens (including phenoxy) is 1. The van der Waals surface area contributed by atoms with Gasteiger partial charge in [0.15, 0.2) is 0 Å². The first-order valence-electron chi connectivity index (χ1n) is 6.18. The standard InChI is InChI=1S/C12H24O5S/c1-12(2,3)4-5-18-11-10(16)9(15)8(14)7(6-13)17-11/h7-11,13-16H,4-6H2,1-3H3. The molecular weight excluding hydrogens is 256 g/mol. The van der Waals surface area contributed by atoms with E-state index >= 15 is 0 Å². The Kier molecular flexibility index (Phi) is 5.89. The van der Waals surface area contributed by atoms with Crippen LogP contribution < -0.4 is 0 Å².